The highest BCUT2D eigenvalue weighted by molar-refractivity contribution is 7.10. The first kappa shape index (κ1) is 18.3. The first-order chi connectivity index (χ1) is 12.5. The van der Waals surface area contributed by atoms with E-state index in [0.717, 1.165) is 17.0 Å². The van der Waals surface area contributed by atoms with Crippen LogP contribution in [0, 0.1) is 12.7 Å². The Morgan fingerprint density at radius 2 is 1.81 bits per heavy atom. The third-order valence-electron chi connectivity index (χ3n) is 4.41. The second kappa shape index (κ2) is 8.25. The summed E-state index contributed by atoms with van der Waals surface area (Å²) in [6.45, 7) is 2.86. The molecule has 0 bridgehead atoms. The zero-order chi connectivity index (χ0) is 18.5. The fraction of sp³-hybridized carbons (Fsp3) is 0.190. The number of hydrogen-bond donors (Lipinski definition) is 2. The lowest BCUT2D eigenvalue weighted by Crippen LogP contribution is -3.09. The molecule has 5 heteroatoms. The standard InChI is InChI=1S/C21H21FN2OS/c1-15-12-13-26-19(15)14-24(2)20(16-6-4-3-5-7-16)21(25)23-18-10-8-17(22)9-11-18/h3-13,20H,14H2,1-2H3,(H,23,25)/p+1/t20-/m0/s1. The third kappa shape index (κ3) is 4.36. The molecule has 0 fully saturated rings. The molecule has 1 amide bonds. The fourth-order valence-electron chi connectivity index (χ4n) is 2.99. The Morgan fingerprint density at radius 3 is 2.42 bits per heavy atom. The maximum absolute atomic E-state index is 13.1. The van der Waals surface area contributed by atoms with E-state index in [9.17, 15) is 9.18 Å². The van der Waals surface area contributed by atoms with Crippen LogP contribution >= 0.6 is 11.3 Å². The molecule has 2 aromatic carbocycles. The average Bonchev–Trinajstić information content (AvgIpc) is 3.03. The smallest absolute Gasteiger partial charge is 0.287 e. The number of carbonyl (C=O) groups is 1. The first-order valence-electron chi connectivity index (χ1n) is 8.51. The predicted octanol–water partition coefficient (Wildman–Crippen LogP) is 3.59. The topological polar surface area (TPSA) is 33.5 Å². The van der Waals surface area contributed by atoms with Crippen LogP contribution in [-0.4, -0.2) is 13.0 Å². The number of halogens is 1. The van der Waals surface area contributed by atoms with E-state index in [1.54, 1.807) is 23.5 Å². The van der Waals surface area contributed by atoms with Crippen LogP contribution in [0.3, 0.4) is 0 Å². The maximum atomic E-state index is 13.1. The van der Waals surface area contributed by atoms with Crippen molar-refractivity contribution in [2.24, 2.45) is 0 Å². The fourth-order valence-corrected chi connectivity index (χ4v) is 3.99. The van der Waals surface area contributed by atoms with Crippen LogP contribution in [0.15, 0.2) is 66.0 Å². The van der Waals surface area contributed by atoms with Crippen LogP contribution < -0.4 is 10.2 Å². The number of carbonyl (C=O) groups excluding carboxylic acids is 1. The van der Waals surface area contributed by atoms with Gasteiger partial charge in [-0.15, -0.1) is 11.3 Å². The molecule has 2 atom stereocenters. The minimum Gasteiger partial charge on any atom is -0.321 e. The largest absolute Gasteiger partial charge is 0.321 e. The predicted molar refractivity (Wildman–Crippen MR) is 104 cm³/mol. The van der Waals surface area contributed by atoms with Crippen molar-refractivity contribution in [3.05, 3.63) is 87.9 Å². The van der Waals surface area contributed by atoms with Gasteiger partial charge in [0.05, 0.1) is 11.9 Å². The molecule has 0 aliphatic carbocycles. The molecule has 2 N–H and O–H groups in total. The van der Waals surface area contributed by atoms with Crippen molar-refractivity contribution in [2.75, 3.05) is 12.4 Å². The van der Waals surface area contributed by atoms with Crippen molar-refractivity contribution in [3.8, 4) is 0 Å². The van der Waals surface area contributed by atoms with E-state index in [1.165, 1.54) is 22.6 Å². The molecule has 0 saturated heterocycles. The Bertz CT molecular complexity index is 861. The summed E-state index contributed by atoms with van der Waals surface area (Å²) in [6.07, 6.45) is 0. The van der Waals surface area contributed by atoms with Crippen molar-refractivity contribution in [3.63, 3.8) is 0 Å². The van der Waals surface area contributed by atoms with E-state index in [0.29, 0.717) is 5.69 Å². The molecular formula is C21H22FN2OS+. The van der Waals surface area contributed by atoms with Crippen molar-refractivity contribution < 1.29 is 14.1 Å². The molecule has 0 radical (unpaired) electrons. The molecule has 0 saturated carbocycles. The molecular weight excluding hydrogens is 347 g/mol. The zero-order valence-electron chi connectivity index (χ0n) is 14.8. The zero-order valence-corrected chi connectivity index (χ0v) is 15.6. The van der Waals surface area contributed by atoms with E-state index >= 15 is 0 Å². The summed E-state index contributed by atoms with van der Waals surface area (Å²) >= 11 is 1.71. The number of anilines is 1. The lowest BCUT2D eigenvalue weighted by molar-refractivity contribution is -0.915. The minimum atomic E-state index is -0.359. The van der Waals surface area contributed by atoms with E-state index in [1.807, 2.05) is 37.4 Å². The van der Waals surface area contributed by atoms with Gasteiger partial charge in [0.15, 0.2) is 6.04 Å². The second-order valence-corrected chi connectivity index (χ2v) is 7.39. The van der Waals surface area contributed by atoms with Crippen LogP contribution in [0.4, 0.5) is 10.1 Å². The summed E-state index contributed by atoms with van der Waals surface area (Å²) in [5, 5.41) is 5.00. The van der Waals surface area contributed by atoms with Crippen LogP contribution in [0.5, 0.6) is 0 Å². The quantitative estimate of drug-likeness (QED) is 0.684. The molecule has 26 heavy (non-hydrogen) atoms. The Morgan fingerprint density at radius 1 is 1.12 bits per heavy atom. The molecule has 1 unspecified atom stereocenters. The number of thiophene rings is 1. The minimum absolute atomic E-state index is 0.102. The summed E-state index contributed by atoms with van der Waals surface area (Å²) < 4.78 is 13.1. The van der Waals surface area contributed by atoms with Gasteiger partial charge in [-0.25, -0.2) is 4.39 Å². The van der Waals surface area contributed by atoms with E-state index in [2.05, 4.69) is 23.7 Å². The molecule has 0 aliphatic heterocycles. The molecule has 1 heterocycles. The van der Waals surface area contributed by atoms with Gasteiger partial charge in [-0.05, 0) is 48.2 Å². The number of rotatable bonds is 6. The summed E-state index contributed by atoms with van der Waals surface area (Å²) in [5.74, 6) is -0.423. The van der Waals surface area contributed by atoms with Gasteiger partial charge >= 0.3 is 0 Å². The molecule has 1 aromatic heterocycles. The van der Waals surface area contributed by atoms with Gasteiger partial charge in [0.25, 0.3) is 5.91 Å². The van der Waals surface area contributed by atoms with Gasteiger partial charge in [-0.2, -0.15) is 0 Å². The van der Waals surface area contributed by atoms with Crippen molar-refractivity contribution >= 4 is 22.9 Å². The van der Waals surface area contributed by atoms with Crippen LogP contribution in [0.2, 0.25) is 0 Å². The highest BCUT2D eigenvalue weighted by atomic mass is 32.1. The van der Waals surface area contributed by atoms with Gasteiger partial charge in [0.2, 0.25) is 0 Å². The number of nitrogens with one attached hydrogen (secondary N) is 2. The molecule has 3 rings (SSSR count). The van der Waals surface area contributed by atoms with Gasteiger partial charge in [-0.1, -0.05) is 30.3 Å². The van der Waals surface area contributed by atoms with Crippen LogP contribution in [0.1, 0.15) is 22.0 Å². The first-order valence-corrected chi connectivity index (χ1v) is 9.39. The highest BCUT2D eigenvalue weighted by Gasteiger charge is 2.29. The lowest BCUT2D eigenvalue weighted by Gasteiger charge is -2.24. The Balaban J connectivity index is 1.84. The molecule has 0 spiro atoms. The van der Waals surface area contributed by atoms with Crippen LogP contribution in [0.25, 0.3) is 0 Å². The Hall–Kier alpha value is -2.50. The molecule has 0 aliphatic rings. The lowest BCUT2D eigenvalue weighted by atomic mass is 10.0. The number of quaternary nitrogens is 1. The number of aryl methyl sites for hydroxylation is 1. The van der Waals surface area contributed by atoms with Gasteiger partial charge in [-0.3, -0.25) is 4.79 Å². The molecule has 134 valence electrons. The molecule has 3 aromatic rings. The van der Waals surface area contributed by atoms with E-state index in [-0.39, 0.29) is 17.8 Å². The monoisotopic (exact) mass is 369 g/mol. The van der Waals surface area contributed by atoms with Gasteiger partial charge in [0.1, 0.15) is 12.4 Å². The Labute approximate surface area is 157 Å². The summed E-state index contributed by atoms with van der Waals surface area (Å²) in [5.41, 5.74) is 2.80. The van der Waals surface area contributed by atoms with Crippen molar-refractivity contribution in [1.29, 1.82) is 0 Å². The van der Waals surface area contributed by atoms with Gasteiger partial charge in [0, 0.05) is 11.3 Å². The van der Waals surface area contributed by atoms with Crippen molar-refractivity contribution in [1.82, 2.24) is 0 Å². The number of amides is 1. The summed E-state index contributed by atoms with van der Waals surface area (Å²) in [6, 6.07) is 17.4. The highest BCUT2D eigenvalue weighted by Crippen LogP contribution is 2.17. The Kier molecular flexibility index (Phi) is 5.81. The summed E-state index contributed by atoms with van der Waals surface area (Å²) in [7, 11) is 2.03. The maximum Gasteiger partial charge on any atom is 0.287 e. The van der Waals surface area contributed by atoms with Crippen molar-refractivity contribution in [2.45, 2.75) is 19.5 Å². The van der Waals surface area contributed by atoms with Crippen LogP contribution in [-0.2, 0) is 11.3 Å². The van der Waals surface area contributed by atoms with E-state index < -0.39 is 0 Å². The number of benzene rings is 2. The number of hydrogen-bond acceptors (Lipinski definition) is 2. The second-order valence-electron chi connectivity index (χ2n) is 6.39. The molecule has 3 nitrogen and oxygen atoms in total. The third-order valence-corrected chi connectivity index (χ3v) is 5.43. The summed E-state index contributed by atoms with van der Waals surface area (Å²) in [4.78, 5) is 15.4. The SMILES string of the molecule is Cc1ccsc1C[NH+](C)[C@H](C(=O)Nc1ccc(F)cc1)c1ccccc1. The average molecular weight is 369 g/mol. The number of likely N-dealkylation sites (N-methyl/N-ethyl adjacent to an activating group) is 1. The normalized spacial score (nSPS) is 13.2. The van der Waals surface area contributed by atoms with E-state index in [4.69, 9.17) is 0 Å². The van der Waals surface area contributed by atoms with Gasteiger partial charge < -0.3 is 10.2 Å².